The normalized spacial score (nSPS) is 28.9. The Labute approximate surface area is 68.4 Å². The number of aliphatic hydroxyl groups is 1. The molecule has 0 amide bonds. The summed E-state index contributed by atoms with van der Waals surface area (Å²) in [7, 11) is 0. The molecule has 1 aliphatic heterocycles. The zero-order valence-electron chi connectivity index (χ0n) is 7.59. The summed E-state index contributed by atoms with van der Waals surface area (Å²) in [6.45, 7) is 8.99. The van der Waals surface area contributed by atoms with Crippen LogP contribution in [0.2, 0.25) is 0 Å². The molecule has 0 spiro atoms. The van der Waals surface area contributed by atoms with E-state index >= 15 is 0 Å². The highest BCUT2D eigenvalue weighted by atomic mass is 16.3. The number of rotatable bonds is 0. The minimum absolute atomic E-state index is 0.0848. The van der Waals surface area contributed by atoms with Crippen LogP contribution in [0.4, 0.5) is 0 Å². The highest BCUT2D eigenvalue weighted by Gasteiger charge is 2.29. The Kier molecular flexibility index (Phi) is 2.52. The molecule has 0 aromatic rings. The van der Waals surface area contributed by atoms with Gasteiger partial charge in [0.15, 0.2) is 0 Å². The van der Waals surface area contributed by atoms with Crippen LogP contribution in [-0.4, -0.2) is 41.4 Å². The molecule has 0 radical (unpaired) electrons. The maximum absolute atomic E-state index is 9.57. The second-order valence-electron chi connectivity index (χ2n) is 4.05. The van der Waals surface area contributed by atoms with Crippen molar-refractivity contribution in [2.24, 2.45) is 0 Å². The molecule has 1 aliphatic rings. The van der Waals surface area contributed by atoms with Crippen molar-refractivity contribution in [2.45, 2.75) is 32.5 Å². The Morgan fingerprint density at radius 1 is 1.45 bits per heavy atom. The molecule has 2 N–H and O–H groups in total. The van der Waals surface area contributed by atoms with Crippen molar-refractivity contribution < 1.29 is 5.11 Å². The lowest BCUT2D eigenvalue weighted by atomic mass is 10.0. The van der Waals surface area contributed by atoms with Crippen molar-refractivity contribution in [3.8, 4) is 0 Å². The van der Waals surface area contributed by atoms with Crippen molar-refractivity contribution in [3.63, 3.8) is 0 Å². The third-order valence-electron chi connectivity index (χ3n) is 2.08. The van der Waals surface area contributed by atoms with Gasteiger partial charge >= 0.3 is 0 Å². The van der Waals surface area contributed by atoms with Gasteiger partial charge in [-0.1, -0.05) is 0 Å². The topological polar surface area (TPSA) is 35.5 Å². The first-order valence-electron chi connectivity index (χ1n) is 4.17. The second-order valence-corrected chi connectivity index (χ2v) is 4.05. The van der Waals surface area contributed by atoms with Crippen molar-refractivity contribution in [1.29, 1.82) is 0 Å². The van der Waals surface area contributed by atoms with Gasteiger partial charge in [0.1, 0.15) is 6.23 Å². The van der Waals surface area contributed by atoms with E-state index in [2.05, 4.69) is 31.0 Å². The molecule has 3 heteroatoms. The molecular formula is C8H18N2O. The summed E-state index contributed by atoms with van der Waals surface area (Å²) in [4.78, 5) is 2.11. The van der Waals surface area contributed by atoms with Crippen molar-refractivity contribution in [3.05, 3.63) is 0 Å². The Bertz CT molecular complexity index is 131. The number of hydrogen-bond acceptors (Lipinski definition) is 3. The summed E-state index contributed by atoms with van der Waals surface area (Å²) in [5.74, 6) is 0. The van der Waals surface area contributed by atoms with Crippen LogP contribution in [0.25, 0.3) is 0 Å². The Hall–Kier alpha value is -0.120. The molecule has 66 valence electrons. The van der Waals surface area contributed by atoms with E-state index < -0.39 is 0 Å². The largest absolute Gasteiger partial charge is 0.377 e. The maximum atomic E-state index is 9.57. The van der Waals surface area contributed by atoms with Crippen LogP contribution >= 0.6 is 0 Å². The molecular weight excluding hydrogens is 140 g/mol. The van der Waals surface area contributed by atoms with E-state index in [0.29, 0.717) is 6.54 Å². The van der Waals surface area contributed by atoms with Gasteiger partial charge in [-0.05, 0) is 20.8 Å². The first kappa shape index (κ1) is 8.97. The van der Waals surface area contributed by atoms with Gasteiger partial charge in [0.05, 0.1) is 0 Å². The quantitative estimate of drug-likeness (QED) is 0.521. The van der Waals surface area contributed by atoms with Gasteiger partial charge in [-0.25, -0.2) is 0 Å². The standard InChI is InChI=1S/C8H18N2O/c1-8(2,3)10-5-4-9-6-7(10)11/h7,9,11H,4-6H2,1-3H3. The van der Waals surface area contributed by atoms with E-state index in [1.54, 1.807) is 0 Å². The predicted molar refractivity (Wildman–Crippen MR) is 45.3 cm³/mol. The SMILES string of the molecule is CC(C)(C)N1CCNCC1O. The molecule has 1 saturated heterocycles. The Morgan fingerprint density at radius 3 is 2.45 bits per heavy atom. The molecule has 1 unspecified atom stereocenters. The lowest BCUT2D eigenvalue weighted by Gasteiger charge is -2.42. The highest BCUT2D eigenvalue weighted by molar-refractivity contribution is 4.82. The second kappa shape index (κ2) is 3.09. The number of piperazine rings is 1. The highest BCUT2D eigenvalue weighted by Crippen LogP contribution is 2.16. The summed E-state index contributed by atoms with van der Waals surface area (Å²) in [5.41, 5.74) is 0.0848. The fraction of sp³-hybridized carbons (Fsp3) is 1.00. The fourth-order valence-electron chi connectivity index (χ4n) is 1.47. The fourth-order valence-corrected chi connectivity index (χ4v) is 1.47. The summed E-state index contributed by atoms with van der Waals surface area (Å²) in [5, 5.41) is 12.7. The van der Waals surface area contributed by atoms with Crippen LogP contribution in [0.15, 0.2) is 0 Å². The summed E-state index contributed by atoms with van der Waals surface area (Å²) >= 11 is 0. The zero-order chi connectivity index (χ0) is 8.48. The number of nitrogens with zero attached hydrogens (tertiary/aromatic N) is 1. The monoisotopic (exact) mass is 158 g/mol. The van der Waals surface area contributed by atoms with E-state index in [1.165, 1.54) is 0 Å². The van der Waals surface area contributed by atoms with Crippen LogP contribution in [-0.2, 0) is 0 Å². The van der Waals surface area contributed by atoms with E-state index in [9.17, 15) is 5.11 Å². The molecule has 0 aliphatic carbocycles. The van der Waals surface area contributed by atoms with E-state index in [0.717, 1.165) is 13.1 Å². The first-order valence-corrected chi connectivity index (χ1v) is 4.17. The van der Waals surface area contributed by atoms with Crippen LogP contribution in [0.1, 0.15) is 20.8 Å². The molecule has 0 bridgehead atoms. The molecule has 11 heavy (non-hydrogen) atoms. The van der Waals surface area contributed by atoms with Crippen molar-refractivity contribution >= 4 is 0 Å². The molecule has 1 fully saturated rings. The maximum Gasteiger partial charge on any atom is 0.120 e. The van der Waals surface area contributed by atoms with E-state index in [4.69, 9.17) is 0 Å². The zero-order valence-corrected chi connectivity index (χ0v) is 7.59. The lowest BCUT2D eigenvalue weighted by molar-refractivity contribution is -0.0636. The number of aliphatic hydroxyl groups excluding tert-OH is 1. The van der Waals surface area contributed by atoms with E-state index in [1.807, 2.05) is 0 Å². The average Bonchev–Trinajstić information content (AvgIpc) is 1.86. The first-order chi connectivity index (χ1) is 5.02. The minimum atomic E-state index is -0.316. The summed E-state index contributed by atoms with van der Waals surface area (Å²) in [6.07, 6.45) is -0.316. The van der Waals surface area contributed by atoms with Gasteiger partial charge < -0.3 is 10.4 Å². The molecule has 3 nitrogen and oxygen atoms in total. The minimum Gasteiger partial charge on any atom is -0.377 e. The van der Waals surface area contributed by atoms with Gasteiger partial charge in [-0.2, -0.15) is 0 Å². The molecule has 1 rings (SSSR count). The third kappa shape index (κ3) is 2.15. The van der Waals surface area contributed by atoms with Gasteiger partial charge in [0, 0.05) is 25.2 Å². The predicted octanol–water partition coefficient (Wildman–Crippen LogP) is 0.00850. The lowest BCUT2D eigenvalue weighted by Crippen LogP contribution is -2.58. The van der Waals surface area contributed by atoms with Crippen LogP contribution in [0.3, 0.4) is 0 Å². The van der Waals surface area contributed by atoms with Crippen LogP contribution in [0, 0.1) is 0 Å². The molecule has 0 aromatic heterocycles. The van der Waals surface area contributed by atoms with Gasteiger partial charge in [0.25, 0.3) is 0 Å². The third-order valence-corrected chi connectivity index (χ3v) is 2.08. The number of β-amino-alcohol motifs (C(OH)–C–C–N with tert-alkyl or cyclic N) is 1. The van der Waals surface area contributed by atoms with Crippen LogP contribution < -0.4 is 5.32 Å². The Morgan fingerprint density at radius 2 is 2.09 bits per heavy atom. The van der Waals surface area contributed by atoms with Gasteiger partial charge in [-0.3, -0.25) is 4.90 Å². The smallest absolute Gasteiger partial charge is 0.120 e. The van der Waals surface area contributed by atoms with Crippen molar-refractivity contribution in [2.75, 3.05) is 19.6 Å². The Balaban J connectivity index is 2.55. The van der Waals surface area contributed by atoms with Gasteiger partial charge in [-0.15, -0.1) is 0 Å². The molecule has 1 heterocycles. The molecule has 0 aromatic carbocycles. The molecule has 1 atom stereocenters. The summed E-state index contributed by atoms with van der Waals surface area (Å²) in [6, 6.07) is 0. The van der Waals surface area contributed by atoms with Crippen molar-refractivity contribution in [1.82, 2.24) is 10.2 Å². The number of nitrogens with one attached hydrogen (secondary N) is 1. The number of hydrogen-bond donors (Lipinski definition) is 2. The van der Waals surface area contributed by atoms with Crippen LogP contribution in [0.5, 0.6) is 0 Å². The van der Waals surface area contributed by atoms with E-state index in [-0.39, 0.29) is 11.8 Å². The van der Waals surface area contributed by atoms with Gasteiger partial charge in [0.2, 0.25) is 0 Å². The summed E-state index contributed by atoms with van der Waals surface area (Å²) < 4.78 is 0. The average molecular weight is 158 g/mol. The molecule has 0 saturated carbocycles.